The van der Waals surface area contributed by atoms with Gasteiger partial charge in [-0.25, -0.2) is 9.69 Å². The summed E-state index contributed by atoms with van der Waals surface area (Å²) >= 11 is 3.44. The van der Waals surface area contributed by atoms with E-state index in [-0.39, 0.29) is 24.8 Å². The van der Waals surface area contributed by atoms with E-state index in [1.165, 1.54) is 5.01 Å². The number of nitrogens with zero attached hydrogens (tertiary/aromatic N) is 4. The number of hydrogen-bond donors (Lipinski definition) is 1. The van der Waals surface area contributed by atoms with E-state index in [4.69, 9.17) is 5.11 Å². The van der Waals surface area contributed by atoms with Gasteiger partial charge in [0.25, 0.3) is 0 Å². The minimum Gasteiger partial charge on any atom is -0.481 e. The fourth-order valence-corrected chi connectivity index (χ4v) is 3.91. The smallest absolute Gasteiger partial charge is 0.303 e. The summed E-state index contributed by atoms with van der Waals surface area (Å²) < 4.78 is 2.75. The van der Waals surface area contributed by atoms with Gasteiger partial charge in [0.1, 0.15) is 0 Å². The number of para-hydroxylation sites is 1. The summed E-state index contributed by atoms with van der Waals surface area (Å²) in [6, 6.07) is 17.2. The lowest BCUT2D eigenvalue weighted by atomic mass is 9.99. The second-order valence-electron chi connectivity index (χ2n) is 7.36. The van der Waals surface area contributed by atoms with E-state index >= 15 is 0 Å². The number of carbonyl (C=O) groups excluding carboxylic acids is 1. The molecule has 0 radical (unpaired) electrons. The van der Waals surface area contributed by atoms with Gasteiger partial charge in [-0.05, 0) is 36.8 Å². The molecule has 31 heavy (non-hydrogen) atoms. The van der Waals surface area contributed by atoms with Crippen molar-refractivity contribution in [3.8, 4) is 5.69 Å². The van der Waals surface area contributed by atoms with E-state index in [0.717, 1.165) is 32.7 Å². The first kappa shape index (κ1) is 21.0. The third-order valence-corrected chi connectivity index (χ3v) is 5.74. The summed E-state index contributed by atoms with van der Waals surface area (Å²) in [5, 5.41) is 19.7. The lowest BCUT2D eigenvalue weighted by Crippen LogP contribution is -2.27. The summed E-state index contributed by atoms with van der Waals surface area (Å²) in [5.74, 6) is -1.32. The van der Waals surface area contributed by atoms with Crippen LogP contribution in [0.15, 0.2) is 70.4 Å². The van der Waals surface area contributed by atoms with Crippen LogP contribution in [-0.4, -0.2) is 37.5 Å². The van der Waals surface area contributed by atoms with Gasteiger partial charge in [0, 0.05) is 29.1 Å². The number of amides is 1. The number of carbonyl (C=O) groups is 2. The molecule has 2 aromatic carbocycles. The molecular formula is C23H21BrN4O3. The highest BCUT2D eigenvalue weighted by atomic mass is 79.9. The molecule has 1 aliphatic heterocycles. The molecule has 0 aliphatic carbocycles. The first-order chi connectivity index (χ1) is 14.9. The van der Waals surface area contributed by atoms with Crippen LogP contribution in [0, 0.1) is 6.92 Å². The van der Waals surface area contributed by atoms with Crippen molar-refractivity contribution in [2.45, 2.75) is 32.2 Å². The number of hydrazone groups is 1. The van der Waals surface area contributed by atoms with Gasteiger partial charge in [-0.1, -0.05) is 46.3 Å². The summed E-state index contributed by atoms with van der Waals surface area (Å²) in [4.78, 5) is 23.9. The normalized spacial score (nSPS) is 15.7. The van der Waals surface area contributed by atoms with Gasteiger partial charge in [0.15, 0.2) is 0 Å². The van der Waals surface area contributed by atoms with Crippen LogP contribution in [0.3, 0.4) is 0 Å². The van der Waals surface area contributed by atoms with Crippen LogP contribution in [0.2, 0.25) is 0 Å². The Morgan fingerprint density at radius 2 is 1.81 bits per heavy atom. The van der Waals surface area contributed by atoms with Crippen LogP contribution < -0.4 is 0 Å². The fourth-order valence-electron chi connectivity index (χ4n) is 3.64. The standard InChI is InChI=1S/C23H21BrN4O3/c1-15-19(14-27(25-15)18-5-3-2-4-6-18)21-13-20(16-7-9-17(24)10-8-16)26-28(21)22(29)11-12-23(30)31/h2-10,14,21H,11-13H2,1H3,(H,30,31). The quantitative estimate of drug-likeness (QED) is 0.562. The van der Waals surface area contributed by atoms with E-state index in [1.54, 1.807) is 4.68 Å². The number of carboxylic acids is 1. The average molecular weight is 481 g/mol. The molecule has 158 valence electrons. The van der Waals surface area contributed by atoms with Crippen molar-refractivity contribution in [1.82, 2.24) is 14.8 Å². The van der Waals surface area contributed by atoms with Crippen LogP contribution in [0.1, 0.15) is 42.1 Å². The number of aliphatic carboxylic acids is 1. The van der Waals surface area contributed by atoms with E-state index in [1.807, 2.05) is 67.7 Å². The molecule has 1 N–H and O–H groups in total. The van der Waals surface area contributed by atoms with Crippen molar-refractivity contribution >= 4 is 33.5 Å². The number of benzene rings is 2. The number of aromatic nitrogens is 2. The predicted octanol–water partition coefficient (Wildman–Crippen LogP) is 4.49. The predicted molar refractivity (Wildman–Crippen MR) is 120 cm³/mol. The summed E-state index contributed by atoms with van der Waals surface area (Å²) in [5.41, 5.74) is 4.33. The lowest BCUT2D eigenvalue weighted by molar-refractivity contribution is -0.141. The zero-order valence-corrected chi connectivity index (χ0v) is 18.5. The first-order valence-corrected chi connectivity index (χ1v) is 10.7. The SMILES string of the molecule is Cc1nn(-c2ccccc2)cc1C1CC(c2ccc(Br)cc2)=NN1C(=O)CCC(=O)O. The Hall–Kier alpha value is -3.26. The largest absolute Gasteiger partial charge is 0.481 e. The highest BCUT2D eigenvalue weighted by molar-refractivity contribution is 9.10. The Balaban J connectivity index is 1.68. The van der Waals surface area contributed by atoms with Gasteiger partial charge >= 0.3 is 5.97 Å². The maximum absolute atomic E-state index is 12.9. The Labute approximate surface area is 188 Å². The van der Waals surface area contributed by atoms with Crippen molar-refractivity contribution in [1.29, 1.82) is 0 Å². The molecule has 1 aromatic heterocycles. The van der Waals surface area contributed by atoms with Gasteiger partial charge in [0.05, 0.1) is 29.6 Å². The van der Waals surface area contributed by atoms with E-state index in [9.17, 15) is 9.59 Å². The summed E-state index contributed by atoms with van der Waals surface area (Å²) in [6.07, 6.45) is 2.12. The molecule has 0 spiro atoms. The average Bonchev–Trinajstić information content (AvgIpc) is 3.37. The molecule has 1 amide bonds. The molecule has 4 rings (SSSR count). The molecule has 1 unspecified atom stereocenters. The van der Waals surface area contributed by atoms with Gasteiger partial charge in [-0.15, -0.1) is 0 Å². The van der Waals surface area contributed by atoms with E-state index in [2.05, 4.69) is 26.1 Å². The van der Waals surface area contributed by atoms with Crippen molar-refractivity contribution in [3.05, 3.63) is 82.1 Å². The lowest BCUT2D eigenvalue weighted by Gasteiger charge is -2.21. The van der Waals surface area contributed by atoms with Crippen molar-refractivity contribution < 1.29 is 14.7 Å². The number of hydrogen-bond acceptors (Lipinski definition) is 4. The van der Waals surface area contributed by atoms with Crippen LogP contribution >= 0.6 is 15.9 Å². The summed E-state index contributed by atoms with van der Waals surface area (Å²) in [6.45, 7) is 1.91. The summed E-state index contributed by atoms with van der Waals surface area (Å²) in [7, 11) is 0. The highest BCUT2D eigenvalue weighted by Gasteiger charge is 2.35. The highest BCUT2D eigenvalue weighted by Crippen LogP contribution is 2.35. The second-order valence-corrected chi connectivity index (χ2v) is 8.27. The maximum atomic E-state index is 12.9. The molecule has 0 bridgehead atoms. The Bertz CT molecular complexity index is 1140. The van der Waals surface area contributed by atoms with Gasteiger partial charge in [-0.3, -0.25) is 9.59 Å². The molecule has 0 saturated carbocycles. The molecule has 0 saturated heterocycles. The van der Waals surface area contributed by atoms with Gasteiger partial charge in [-0.2, -0.15) is 10.2 Å². The number of halogens is 1. The molecule has 2 heterocycles. The van der Waals surface area contributed by atoms with Crippen LogP contribution in [0.5, 0.6) is 0 Å². The third kappa shape index (κ3) is 4.59. The zero-order valence-electron chi connectivity index (χ0n) is 16.9. The van der Waals surface area contributed by atoms with Gasteiger partial charge in [0.2, 0.25) is 5.91 Å². The molecule has 1 atom stereocenters. The van der Waals surface area contributed by atoms with Crippen LogP contribution in [0.4, 0.5) is 0 Å². The molecule has 7 nitrogen and oxygen atoms in total. The number of aryl methyl sites for hydroxylation is 1. The maximum Gasteiger partial charge on any atom is 0.303 e. The van der Waals surface area contributed by atoms with E-state index in [0.29, 0.717) is 6.42 Å². The van der Waals surface area contributed by atoms with Gasteiger partial charge < -0.3 is 5.11 Å². The fraction of sp³-hybridized carbons (Fsp3) is 0.217. The molecule has 3 aromatic rings. The Morgan fingerprint density at radius 1 is 1.10 bits per heavy atom. The third-order valence-electron chi connectivity index (χ3n) is 5.21. The minimum atomic E-state index is -1.01. The number of rotatable bonds is 6. The zero-order chi connectivity index (χ0) is 22.0. The number of carboxylic acid groups (broad SMARTS) is 1. The Kier molecular flexibility index (Phi) is 5.99. The Morgan fingerprint density at radius 3 is 2.48 bits per heavy atom. The van der Waals surface area contributed by atoms with Crippen LogP contribution in [-0.2, 0) is 9.59 Å². The monoisotopic (exact) mass is 480 g/mol. The molecule has 1 aliphatic rings. The first-order valence-electron chi connectivity index (χ1n) is 9.91. The molecular weight excluding hydrogens is 460 g/mol. The van der Waals surface area contributed by atoms with Crippen LogP contribution in [0.25, 0.3) is 5.69 Å². The molecule has 0 fully saturated rings. The van der Waals surface area contributed by atoms with Crippen molar-refractivity contribution in [2.24, 2.45) is 5.10 Å². The minimum absolute atomic E-state index is 0.102. The molecule has 8 heteroatoms. The van der Waals surface area contributed by atoms with Crippen molar-refractivity contribution in [3.63, 3.8) is 0 Å². The topological polar surface area (TPSA) is 87.8 Å². The second kappa shape index (κ2) is 8.85. The van der Waals surface area contributed by atoms with Crippen molar-refractivity contribution in [2.75, 3.05) is 0 Å². The van der Waals surface area contributed by atoms with E-state index < -0.39 is 5.97 Å².